The van der Waals surface area contributed by atoms with E-state index in [0.717, 1.165) is 42.5 Å². The third kappa shape index (κ3) is 6.04. The Morgan fingerprint density at radius 1 is 1.03 bits per heavy atom. The van der Waals surface area contributed by atoms with Crippen molar-refractivity contribution < 1.29 is 13.2 Å². The van der Waals surface area contributed by atoms with E-state index in [0.29, 0.717) is 21.5 Å². The number of nitrogens with zero attached hydrogens (tertiary/aromatic N) is 4. The summed E-state index contributed by atoms with van der Waals surface area (Å²) >= 11 is 6.82. The van der Waals surface area contributed by atoms with Gasteiger partial charge in [-0.25, -0.2) is 17.4 Å². The van der Waals surface area contributed by atoms with Crippen molar-refractivity contribution in [3.63, 3.8) is 0 Å². The summed E-state index contributed by atoms with van der Waals surface area (Å²) in [4.78, 5) is 15.6. The highest BCUT2D eigenvalue weighted by Crippen LogP contribution is 2.35. The second kappa shape index (κ2) is 11.7. The normalized spacial score (nSPS) is 15.4. The number of thioether (sulfide) groups is 1. The van der Waals surface area contributed by atoms with Gasteiger partial charge in [-0.15, -0.1) is 0 Å². The SMILES string of the molecule is CCCCCCN1C(=O)/C(=C/c2cn(-c3ccccc3)nc2-c2ccc(S(=O)(=O)N(C)C)cc2)SC1=S. The number of rotatable bonds is 10. The van der Waals surface area contributed by atoms with Gasteiger partial charge in [0, 0.05) is 38.0 Å². The molecule has 2 heterocycles. The molecule has 1 amide bonds. The lowest BCUT2D eigenvalue weighted by atomic mass is 10.1. The van der Waals surface area contributed by atoms with Crippen molar-refractivity contribution in [1.82, 2.24) is 19.0 Å². The molecule has 4 rings (SSSR count). The van der Waals surface area contributed by atoms with E-state index < -0.39 is 10.0 Å². The Hall–Kier alpha value is -2.79. The predicted octanol–water partition coefficient (Wildman–Crippen LogP) is 5.57. The molecule has 1 aliphatic rings. The molecule has 10 heteroatoms. The summed E-state index contributed by atoms with van der Waals surface area (Å²) in [6, 6.07) is 16.3. The smallest absolute Gasteiger partial charge is 0.266 e. The van der Waals surface area contributed by atoms with Gasteiger partial charge in [0.1, 0.15) is 4.32 Å². The van der Waals surface area contributed by atoms with Crippen molar-refractivity contribution in [2.75, 3.05) is 20.6 Å². The van der Waals surface area contributed by atoms with E-state index >= 15 is 0 Å². The van der Waals surface area contributed by atoms with Gasteiger partial charge in [0.15, 0.2) is 0 Å². The molecule has 0 bridgehead atoms. The number of carbonyl (C=O) groups excluding carboxylic acids is 1. The zero-order valence-electron chi connectivity index (χ0n) is 21.1. The van der Waals surface area contributed by atoms with Crippen molar-refractivity contribution in [3.05, 3.63) is 71.3 Å². The van der Waals surface area contributed by atoms with Crippen LogP contribution < -0.4 is 0 Å². The van der Waals surface area contributed by atoms with Crippen molar-refractivity contribution in [2.24, 2.45) is 0 Å². The fourth-order valence-corrected chi connectivity index (χ4v) is 6.16. The molecular weight excluding hydrogens is 525 g/mol. The maximum absolute atomic E-state index is 13.2. The number of para-hydroxylation sites is 1. The number of aromatic nitrogens is 2. The van der Waals surface area contributed by atoms with Gasteiger partial charge in [0.05, 0.1) is 21.2 Å². The Kier molecular flexibility index (Phi) is 8.63. The lowest BCUT2D eigenvalue weighted by Gasteiger charge is -2.13. The monoisotopic (exact) mass is 554 g/mol. The molecular formula is C27H30N4O3S3. The molecule has 0 aliphatic carbocycles. The van der Waals surface area contributed by atoms with Crippen LogP contribution in [0, 0.1) is 0 Å². The minimum atomic E-state index is -3.55. The zero-order valence-corrected chi connectivity index (χ0v) is 23.6. The van der Waals surface area contributed by atoms with E-state index in [1.54, 1.807) is 33.8 Å². The van der Waals surface area contributed by atoms with Gasteiger partial charge in [-0.05, 0) is 36.8 Å². The number of thiocarbonyl (C=S) groups is 1. The molecule has 0 unspecified atom stereocenters. The molecule has 194 valence electrons. The minimum Gasteiger partial charge on any atom is -0.293 e. The quantitative estimate of drug-likeness (QED) is 0.185. The summed E-state index contributed by atoms with van der Waals surface area (Å²) in [5.41, 5.74) is 3.01. The molecule has 7 nitrogen and oxygen atoms in total. The molecule has 1 saturated heterocycles. The van der Waals surface area contributed by atoms with Gasteiger partial charge in [-0.2, -0.15) is 5.10 Å². The van der Waals surface area contributed by atoms with Gasteiger partial charge >= 0.3 is 0 Å². The summed E-state index contributed by atoms with van der Waals surface area (Å²) in [5.74, 6) is -0.0858. The average Bonchev–Trinajstić information content (AvgIpc) is 3.43. The summed E-state index contributed by atoms with van der Waals surface area (Å²) in [6.07, 6.45) is 7.98. The largest absolute Gasteiger partial charge is 0.293 e. The van der Waals surface area contributed by atoms with Crippen LogP contribution in [0.15, 0.2) is 70.6 Å². The third-order valence-corrected chi connectivity index (χ3v) is 9.27. The van der Waals surface area contributed by atoms with Crippen molar-refractivity contribution >= 4 is 50.3 Å². The molecule has 0 saturated carbocycles. The van der Waals surface area contributed by atoms with Gasteiger partial charge in [0.2, 0.25) is 10.0 Å². The molecule has 0 radical (unpaired) electrons. The lowest BCUT2D eigenvalue weighted by Crippen LogP contribution is -2.29. The molecule has 1 aliphatic heterocycles. The first-order valence-corrected chi connectivity index (χ1v) is 14.8. The highest BCUT2D eigenvalue weighted by molar-refractivity contribution is 8.26. The average molecular weight is 555 g/mol. The number of carbonyl (C=O) groups is 1. The Morgan fingerprint density at radius 2 is 1.73 bits per heavy atom. The van der Waals surface area contributed by atoms with Gasteiger partial charge in [-0.1, -0.05) is 80.5 Å². The standard InChI is InChI=1S/C27H30N4O3S3/c1-4-5-6-10-17-30-26(32)24(36-27(30)35)18-21-19-31(22-11-8-7-9-12-22)28-25(21)20-13-15-23(16-14-20)37(33,34)29(2)3/h7-9,11-16,18-19H,4-6,10,17H2,1-3H3/b24-18-. The van der Waals surface area contributed by atoms with Gasteiger partial charge in [0.25, 0.3) is 5.91 Å². The molecule has 0 N–H and O–H groups in total. The van der Waals surface area contributed by atoms with E-state index in [9.17, 15) is 13.2 Å². The zero-order chi connectivity index (χ0) is 26.6. The number of hydrogen-bond donors (Lipinski definition) is 0. The molecule has 37 heavy (non-hydrogen) atoms. The molecule has 1 aromatic heterocycles. The van der Waals surface area contributed by atoms with E-state index in [-0.39, 0.29) is 10.8 Å². The summed E-state index contributed by atoms with van der Waals surface area (Å²) in [6.45, 7) is 2.78. The second-order valence-corrected chi connectivity index (χ2v) is 12.7. The first-order chi connectivity index (χ1) is 17.7. The van der Waals surface area contributed by atoms with E-state index in [1.165, 1.54) is 30.2 Å². The van der Waals surface area contributed by atoms with Crippen LogP contribution in [0.5, 0.6) is 0 Å². The fourth-order valence-electron chi connectivity index (χ4n) is 3.96. The Morgan fingerprint density at radius 3 is 2.38 bits per heavy atom. The van der Waals surface area contributed by atoms with Crippen LogP contribution in [-0.4, -0.2) is 58.3 Å². The number of benzene rings is 2. The number of sulfonamides is 1. The Bertz CT molecular complexity index is 1410. The lowest BCUT2D eigenvalue weighted by molar-refractivity contribution is -0.122. The van der Waals surface area contributed by atoms with Crippen molar-refractivity contribution in [1.29, 1.82) is 0 Å². The van der Waals surface area contributed by atoms with Crippen LogP contribution in [0.1, 0.15) is 38.2 Å². The van der Waals surface area contributed by atoms with Gasteiger partial charge < -0.3 is 0 Å². The fraction of sp³-hybridized carbons (Fsp3) is 0.296. The van der Waals surface area contributed by atoms with Crippen molar-refractivity contribution in [2.45, 2.75) is 37.5 Å². The van der Waals surface area contributed by atoms with E-state index in [1.807, 2.05) is 42.6 Å². The summed E-state index contributed by atoms with van der Waals surface area (Å²) < 4.78 is 28.5. The van der Waals surface area contributed by atoms with Crippen LogP contribution in [0.25, 0.3) is 23.0 Å². The highest BCUT2D eigenvalue weighted by Gasteiger charge is 2.32. The molecule has 1 fully saturated rings. The van der Waals surface area contributed by atoms with Crippen LogP contribution in [0.3, 0.4) is 0 Å². The topological polar surface area (TPSA) is 75.5 Å². The van der Waals surface area contributed by atoms with Gasteiger partial charge in [-0.3, -0.25) is 9.69 Å². The maximum Gasteiger partial charge on any atom is 0.266 e. The molecule has 2 aromatic carbocycles. The number of hydrogen-bond acceptors (Lipinski definition) is 6. The van der Waals surface area contributed by atoms with Crippen LogP contribution >= 0.6 is 24.0 Å². The third-order valence-electron chi connectivity index (χ3n) is 6.07. The minimum absolute atomic E-state index is 0.0858. The first-order valence-electron chi connectivity index (χ1n) is 12.2. The van der Waals surface area contributed by atoms with Crippen LogP contribution in [0.2, 0.25) is 0 Å². The number of amides is 1. The highest BCUT2D eigenvalue weighted by atomic mass is 32.2. The molecule has 0 spiro atoms. The van der Waals surface area contributed by atoms with E-state index in [2.05, 4.69) is 6.92 Å². The maximum atomic E-state index is 13.2. The Balaban J connectivity index is 1.70. The summed E-state index contributed by atoms with van der Waals surface area (Å²) in [7, 11) is -0.540. The van der Waals surface area contributed by atoms with Crippen LogP contribution in [-0.2, 0) is 14.8 Å². The van der Waals surface area contributed by atoms with Crippen LogP contribution in [0.4, 0.5) is 0 Å². The second-order valence-electron chi connectivity index (χ2n) is 8.92. The molecule has 3 aromatic rings. The number of unbranched alkanes of at least 4 members (excludes halogenated alkanes) is 3. The van der Waals surface area contributed by atoms with E-state index in [4.69, 9.17) is 17.3 Å². The predicted molar refractivity (Wildman–Crippen MR) is 154 cm³/mol. The first kappa shape index (κ1) is 27.3. The molecule has 0 atom stereocenters. The summed E-state index contributed by atoms with van der Waals surface area (Å²) in [5, 5.41) is 4.80. The Labute approximate surface area is 228 Å². The van der Waals surface area contributed by atoms with Crippen molar-refractivity contribution in [3.8, 4) is 16.9 Å².